The fraction of sp³-hybridized carbons (Fsp3) is 0.448. The fourth-order valence-electron chi connectivity index (χ4n) is 5.04. The van der Waals surface area contributed by atoms with Gasteiger partial charge in [-0.15, -0.1) is 0 Å². The van der Waals surface area contributed by atoms with Crippen molar-refractivity contribution in [3.8, 4) is 5.75 Å². The van der Waals surface area contributed by atoms with Crippen molar-refractivity contribution in [3.05, 3.63) is 65.7 Å². The smallest absolute Gasteiger partial charge is 0.328 e. The third-order valence-electron chi connectivity index (χ3n) is 7.22. The average Bonchev–Trinajstić information content (AvgIpc) is 3.46. The summed E-state index contributed by atoms with van der Waals surface area (Å²) in [6.07, 6.45) is 9.04. The highest BCUT2D eigenvalue weighted by atomic mass is 16.5. The van der Waals surface area contributed by atoms with Gasteiger partial charge in [-0.05, 0) is 74.3 Å². The molecule has 1 aliphatic carbocycles. The van der Waals surface area contributed by atoms with Gasteiger partial charge in [0.05, 0.1) is 6.61 Å². The van der Waals surface area contributed by atoms with Gasteiger partial charge in [0.15, 0.2) is 0 Å². The number of ether oxygens (including phenoxy) is 1. The van der Waals surface area contributed by atoms with Crippen LogP contribution in [0.15, 0.2) is 54.6 Å². The molecule has 2 aromatic rings. The molecule has 2 aliphatic rings. The van der Waals surface area contributed by atoms with Crippen LogP contribution in [0, 0.1) is 0 Å². The molecule has 1 saturated heterocycles. The van der Waals surface area contributed by atoms with E-state index in [0.717, 1.165) is 61.8 Å². The third kappa shape index (κ3) is 7.10. The molecular formula is C29H37N3O4. The van der Waals surface area contributed by atoms with Crippen molar-refractivity contribution in [2.75, 3.05) is 51.3 Å². The van der Waals surface area contributed by atoms with Crippen LogP contribution in [0.25, 0.3) is 6.08 Å². The quantitative estimate of drug-likeness (QED) is 0.393. The van der Waals surface area contributed by atoms with Crippen LogP contribution in [0.1, 0.15) is 48.0 Å². The maximum atomic E-state index is 12.9. The van der Waals surface area contributed by atoms with Crippen LogP contribution in [-0.4, -0.2) is 79.2 Å². The summed E-state index contributed by atoms with van der Waals surface area (Å²) >= 11 is 0. The average molecular weight is 492 g/mol. The molecule has 1 amide bonds. The number of piperazine rings is 1. The zero-order valence-corrected chi connectivity index (χ0v) is 21.1. The Kier molecular flexibility index (Phi) is 9.01. The molecular weight excluding hydrogens is 454 g/mol. The van der Waals surface area contributed by atoms with E-state index in [-0.39, 0.29) is 5.91 Å². The first-order valence-electron chi connectivity index (χ1n) is 13.0. The molecule has 0 unspecified atom stereocenters. The lowest BCUT2D eigenvalue weighted by Gasteiger charge is -2.36. The number of benzene rings is 2. The van der Waals surface area contributed by atoms with E-state index in [4.69, 9.17) is 9.84 Å². The van der Waals surface area contributed by atoms with E-state index in [1.54, 1.807) is 24.3 Å². The van der Waals surface area contributed by atoms with Crippen LogP contribution in [0.4, 0.5) is 5.69 Å². The van der Waals surface area contributed by atoms with E-state index in [9.17, 15) is 9.59 Å². The molecule has 0 spiro atoms. The van der Waals surface area contributed by atoms with Crippen molar-refractivity contribution in [1.82, 2.24) is 9.80 Å². The number of carbonyl (C=O) groups is 2. The van der Waals surface area contributed by atoms with Gasteiger partial charge in [0.25, 0.3) is 5.91 Å². The maximum absolute atomic E-state index is 12.9. The second-order valence-corrected chi connectivity index (χ2v) is 9.69. The van der Waals surface area contributed by atoms with Crippen LogP contribution in [-0.2, 0) is 4.79 Å². The lowest BCUT2D eigenvalue weighted by molar-refractivity contribution is -0.131. The first kappa shape index (κ1) is 25.8. The van der Waals surface area contributed by atoms with E-state index in [1.807, 2.05) is 17.0 Å². The highest BCUT2D eigenvalue weighted by molar-refractivity contribution is 5.94. The zero-order valence-electron chi connectivity index (χ0n) is 21.1. The Morgan fingerprint density at radius 1 is 1.00 bits per heavy atom. The van der Waals surface area contributed by atoms with E-state index in [1.165, 1.54) is 31.8 Å². The van der Waals surface area contributed by atoms with Crippen LogP contribution in [0.2, 0.25) is 0 Å². The first-order valence-corrected chi connectivity index (χ1v) is 13.0. The standard InChI is InChI=1S/C29H37N3O4/c1-30(25-5-2-3-6-25)17-4-22-36-27-14-12-26(13-15-27)31-18-20-32(21-19-31)29(35)24-10-7-23(8-11-24)9-16-28(33)34/h7-16,25H,2-6,17-22H2,1H3,(H,33,34). The van der Waals surface area contributed by atoms with Gasteiger partial charge in [0.1, 0.15) is 5.75 Å². The number of nitrogens with zero attached hydrogens (tertiary/aromatic N) is 3. The summed E-state index contributed by atoms with van der Waals surface area (Å²) in [6, 6.07) is 16.1. The molecule has 1 heterocycles. The van der Waals surface area contributed by atoms with Crippen molar-refractivity contribution in [2.24, 2.45) is 0 Å². The summed E-state index contributed by atoms with van der Waals surface area (Å²) < 4.78 is 5.96. The molecule has 1 aliphatic heterocycles. The summed E-state index contributed by atoms with van der Waals surface area (Å²) in [4.78, 5) is 30.2. The van der Waals surface area contributed by atoms with E-state index < -0.39 is 5.97 Å². The number of carboxylic acid groups (broad SMARTS) is 1. The molecule has 192 valence electrons. The molecule has 4 rings (SSSR count). The number of amides is 1. The molecule has 7 nitrogen and oxygen atoms in total. The molecule has 1 N–H and O–H groups in total. The number of hydrogen-bond acceptors (Lipinski definition) is 5. The Balaban J connectivity index is 1.19. The largest absolute Gasteiger partial charge is 0.494 e. The predicted molar refractivity (Wildman–Crippen MR) is 143 cm³/mol. The lowest BCUT2D eigenvalue weighted by Crippen LogP contribution is -2.48. The van der Waals surface area contributed by atoms with Crippen LogP contribution < -0.4 is 9.64 Å². The Labute approximate surface area is 214 Å². The Bertz CT molecular complexity index is 1020. The van der Waals surface area contributed by atoms with Crippen molar-refractivity contribution in [3.63, 3.8) is 0 Å². The van der Waals surface area contributed by atoms with Gasteiger partial charge in [-0.3, -0.25) is 4.79 Å². The minimum Gasteiger partial charge on any atom is -0.494 e. The van der Waals surface area contributed by atoms with Crippen molar-refractivity contribution in [1.29, 1.82) is 0 Å². The van der Waals surface area contributed by atoms with Crippen LogP contribution in [0.5, 0.6) is 5.75 Å². The molecule has 2 aromatic carbocycles. The summed E-state index contributed by atoms with van der Waals surface area (Å²) in [7, 11) is 2.23. The van der Waals surface area contributed by atoms with Gasteiger partial charge in [-0.25, -0.2) is 4.79 Å². The van der Waals surface area contributed by atoms with Gasteiger partial charge >= 0.3 is 5.97 Å². The number of anilines is 1. The normalized spacial score (nSPS) is 16.7. The summed E-state index contributed by atoms with van der Waals surface area (Å²) in [5.41, 5.74) is 2.51. The third-order valence-corrected chi connectivity index (χ3v) is 7.22. The van der Waals surface area contributed by atoms with Gasteiger partial charge in [-0.1, -0.05) is 25.0 Å². The number of aliphatic carboxylic acids is 1. The van der Waals surface area contributed by atoms with Gasteiger partial charge in [0.2, 0.25) is 0 Å². The summed E-state index contributed by atoms with van der Waals surface area (Å²) in [6.45, 7) is 4.68. The topological polar surface area (TPSA) is 73.3 Å². The molecule has 7 heteroatoms. The van der Waals surface area contributed by atoms with Crippen molar-refractivity contribution < 1.29 is 19.4 Å². The molecule has 0 aromatic heterocycles. The molecule has 0 radical (unpaired) electrons. The molecule has 0 bridgehead atoms. The van der Waals surface area contributed by atoms with Crippen LogP contribution in [0.3, 0.4) is 0 Å². The van der Waals surface area contributed by atoms with Gasteiger partial charge < -0.3 is 24.5 Å². The Hall–Kier alpha value is -3.32. The second kappa shape index (κ2) is 12.6. The Morgan fingerprint density at radius 2 is 1.67 bits per heavy atom. The second-order valence-electron chi connectivity index (χ2n) is 9.69. The predicted octanol–water partition coefficient (Wildman–Crippen LogP) is 4.39. The minimum atomic E-state index is -0.993. The van der Waals surface area contributed by atoms with Crippen molar-refractivity contribution >= 4 is 23.6 Å². The SMILES string of the molecule is CN(CCCOc1ccc(N2CCN(C(=O)c3ccc(C=CC(=O)O)cc3)CC2)cc1)C1CCCC1. The first-order chi connectivity index (χ1) is 17.5. The monoisotopic (exact) mass is 491 g/mol. The zero-order chi connectivity index (χ0) is 25.3. The van der Waals surface area contributed by atoms with E-state index in [2.05, 4.69) is 29.0 Å². The van der Waals surface area contributed by atoms with E-state index in [0.29, 0.717) is 18.7 Å². The highest BCUT2D eigenvalue weighted by Gasteiger charge is 2.22. The maximum Gasteiger partial charge on any atom is 0.328 e. The molecule has 2 fully saturated rings. The molecule has 0 atom stereocenters. The van der Waals surface area contributed by atoms with E-state index >= 15 is 0 Å². The van der Waals surface area contributed by atoms with Crippen LogP contribution >= 0.6 is 0 Å². The molecule has 1 saturated carbocycles. The number of hydrogen-bond donors (Lipinski definition) is 1. The highest BCUT2D eigenvalue weighted by Crippen LogP contribution is 2.23. The number of carbonyl (C=O) groups excluding carboxylic acids is 1. The number of rotatable bonds is 10. The van der Waals surface area contributed by atoms with Crippen molar-refractivity contribution in [2.45, 2.75) is 38.1 Å². The number of carboxylic acids is 1. The summed E-state index contributed by atoms with van der Waals surface area (Å²) in [5.74, 6) is -0.0866. The lowest BCUT2D eigenvalue weighted by atomic mass is 10.1. The summed E-state index contributed by atoms with van der Waals surface area (Å²) in [5, 5.41) is 8.74. The minimum absolute atomic E-state index is 0.00531. The molecule has 36 heavy (non-hydrogen) atoms. The fourth-order valence-corrected chi connectivity index (χ4v) is 5.04. The van der Waals surface area contributed by atoms with Gasteiger partial charge in [0, 0.05) is 56.1 Å². The Morgan fingerprint density at radius 3 is 2.31 bits per heavy atom. The van der Waals surface area contributed by atoms with Gasteiger partial charge in [-0.2, -0.15) is 0 Å².